The molecule has 5 nitrogen and oxygen atoms in total. The molecule has 1 aliphatic rings. The number of aliphatic hydroxyl groups excluding tert-OH is 1. The maximum absolute atomic E-state index is 13.3. The first-order valence-electron chi connectivity index (χ1n) is 7.59. The van der Waals surface area contributed by atoms with E-state index >= 15 is 0 Å². The lowest BCUT2D eigenvalue weighted by Gasteiger charge is -2.31. The Hall–Kier alpha value is -1.66. The fraction of sp³-hybridized carbons (Fsp3) is 0.562. The number of aliphatic hydroxyl groups is 1. The van der Waals surface area contributed by atoms with Gasteiger partial charge in [0.1, 0.15) is 11.6 Å². The molecule has 2 N–H and O–H groups in total. The maximum atomic E-state index is 13.3. The second kappa shape index (κ2) is 8.10. The van der Waals surface area contributed by atoms with E-state index in [-0.39, 0.29) is 18.1 Å². The topological polar surface area (TPSA) is 61.8 Å². The SMILES string of the molecule is COc1ccc(F)cc1C(=O)NCCN1CCCC(CO)C1. The van der Waals surface area contributed by atoms with Crippen molar-refractivity contribution >= 4 is 5.91 Å². The molecule has 1 aromatic carbocycles. The van der Waals surface area contributed by atoms with Gasteiger partial charge in [-0.15, -0.1) is 0 Å². The average Bonchev–Trinajstić information content (AvgIpc) is 2.55. The number of halogens is 1. The van der Waals surface area contributed by atoms with Gasteiger partial charge in [0.2, 0.25) is 0 Å². The van der Waals surface area contributed by atoms with Gasteiger partial charge in [-0.1, -0.05) is 0 Å². The third-order valence-corrected chi connectivity index (χ3v) is 3.98. The molecule has 0 aliphatic carbocycles. The van der Waals surface area contributed by atoms with Crippen LogP contribution in [-0.4, -0.2) is 55.8 Å². The lowest BCUT2D eigenvalue weighted by Crippen LogP contribution is -2.41. The molecule has 0 saturated carbocycles. The van der Waals surface area contributed by atoms with Gasteiger partial charge in [0.25, 0.3) is 5.91 Å². The first kappa shape index (κ1) is 16.7. The van der Waals surface area contributed by atoms with Crippen LogP contribution in [0, 0.1) is 11.7 Å². The maximum Gasteiger partial charge on any atom is 0.255 e. The fourth-order valence-corrected chi connectivity index (χ4v) is 2.78. The summed E-state index contributed by atoms with van der Waals surface area (Å²) in [6, 6.07) is 3.88. The number of ether oxygens (including phenoxy) is 1. The summed E-state index contributed by atoms with van der Waals surface area (Å²) in [6.07, 6.45) is 2.12. The highest BCUT2D eigenvalue weighted by molar-refractivity contribution is 5.96. The third-order valence-electron chi connectivity index (χ3n) is 3.98. The van der Waals surface area contributed by atoms with Gasteiger partial charge >= 0.3 is 0 Å². The monoisotopic (exact) mass is 310 g/mol. The highest BCUT2D eigenvalue weighted by atomic mass is 19.1. The number of carbonyl (C=O) groups is 1. The summed E-state index contributed by atoms with van der Waals surface area (Å²) in [7, 11) is 1.45. The van der Waals surface area contributed by atoms with Crippen LogP contribution in [0.5, 0.6) is 5.75 Å². The van der Waals surface area contributed by atoms with E-state index in [1.54, 1.807) is 0 Å². The molecular formula is C16H23FN2O3. The average molecular weight is 310 g/mol. The highest BCUT2D eigenvalue weighted by Gasteiger charge is 2.19. The summed E-state index contributed by atoms with van der Waals surface area (Å²) in [5, 5.41) is 12.0. The standard InChI is InChI=1S/C16H23FN2O3/c1-22-15-5-4-13(17)9-14(15)16(21)18-6-8-19-7-2-3-12(10-19)11-20/h4-5,9,12,20H,2-3,6-8,10-11H2,1H3,(H,18,21). The van der Waals surface area contributed by atoms with E-state index in [1.807, 2.05) is 0 Å². The number of nitrogens with one attached hydrogen (secondary N) is 1. The number of piperidine rings is 1. The van der Waals surface area contributed by atoms with Crippen LogP contribution in [-0.2, 0) is 0 Å². The molecule has 6 heteroatoms. The second-order valence-electron chi connectivity index (χ2n) is 5.59. The number of hydrogen-bond donors (Lipinski definition) is 2. The Bertz CT molecular complexity index is 510. The summed E-state index contributed by atoms with van der Waals surface area (Å²) in [5.41, 5.74) is 0.203. The molecule has 22 heavy (non-hydrogen) atoms. The van der Waals surface area contributed by atoms with Crippen LogP contribution in [0.15, 0.2) is 18.2 Å². The predicted octanol–water partition coefficient (Wildman–Crippen LogP) is 1.27. The Morgan fingerprint density at radius 3 is 3.09 bits per heavy atom. The molecule has 122 valence electrons. The Balaban J connectivity index is 1.84. The van der Waals surface area contributed by atoms with Crippen molar-refractivity contribution in [1.29, 1.82) is 0 Å². The van der Waals surface area contributed by atoms with Crippen molar-refractivity contribution in [3.8, 4) is 5.75 Å². The van der Waals surface area contributed by atoms with E-state index in [0.29, 0.717) is 18.2 Å². The largest absolute Gasteiger partial charge is 0.496 e. The third kappa shape index (κ3) is 4.42. The molecule has 1 aliphatic heterocycles. The van der Waals surface area contributed by atoms with Gasteiger partial charge in [0.05, 0.1) is 12.7 Å². The molecule has 0 spiro atoms. The van der Waals surface area contributed by atoms with Crippen molar-refractivity contribution in [3.05, 3.63) is 29.6 Å². The number of hydrogen-bond acceptors (Lipinski definition) is 4. The van der Waals surface area contributed by atoms with E-state index in [0.717, 1.165) is 32.5 Å². The van der Waals surface area contributed by atoms with Gasteiger partial charge in [-0.25, -0.2) is 4.39 Å². The molecule has 1 atom stereocenters. The zero-order valence-electron chi connectivity index (χ0n) is 12.8. The van der Waals surface area contributed by atoms with Gasteiger partial charge in [0, 0.05) is 26.2 Å². The minimum absolute atomic E-state index is 0.203. The fourth-order valence-electron chi connectivity index (χ4n) is 2.78. The number of amides is 1. The van der Waals surface area contributed by atoms with Crippen LogP contribution >= 0.6 is 0 Å². The normalized spacial score (nSPS) is 19.0. The number of nitrogens with zero attached hydrogens (tertiary/aromatic N) is 1. The summed E-state index contributed by atoms with van der Waals surface area (Å²) >= 11 is 0. The summed E-state index contributed by atoms with van der Waals surface area (Å²) in [5.74, 6) is -0.121. The minimum atomic E-state index is -0.465. The molecule has 1 heterocycles. The molecule has 0 radical (unpaired) electrons. The zero-order chi connectivity index (χ0) is 15.9. The molecule has 1 amide bonds. The first-order valence-corrected chi connectivity index (χ1v) is 7.59. The molecule has 1 aromatic rings. The smallest absolute Gasteiger partial charge is 0.255 e. The first-order chi connectivity index (χ1) is 10.6. The van der Waals surface area contributed by atoms with Crippen LogP contribution in [0.1, 0.15) is 23.2 Å². The molecule has 0 aromatic heterocycles. The van der Waals surface area contributed by atoms with Gasteiger partial charge < -0.3 is 20.1 Å². The Labute approximate surface area is 130 Å². The van der Waals surface area contributed by atoms with Crippen LogP contribution in [0.3, 0.4) is 0 Å². The van der Waals surface area contributed by atoms with Gasteiger partial charge in [0.15, 0.2) is 0 Å². The second-order valence-corrected chi connectivity index (χ2v) is 5.59. The summed E-state index contributed by atoms with van der Waals surface area (Å²) < 4.78 is 18.4. The van der Waals surface area contributed by atoms with Crippen LogP contribution in [0.2, 0.25) is 0 Å². The zero-order valence-corrected chi connectivity index (χ0v) is 12.8. The molecule has 0 bridgehead atoms. The predicted molar refractivity (Wildman–Crippen MR) is 81.5 cm³/mol. The number of methoxy groups -OCH3 is 1. The van der Waals surface area contributed by atoms with Crippen LogP contribution in [0.25, 0.3) is 0 Å². The van der Waals surface area contributed by atoms with Crippen molar-refractivity contribution < 1.29 is 19.0 Å². The van der Waals surface area contributed by atoms with Crippen molar-refractivity contribution in [3.63, 3.8) is 0 Å². The van der Waals surface area contributed by atoms with Crippen molar-refractivity contribution in [2.24, 2.45) is 5.92 Å². The highest BCUT2D eigenvalue weighted by Crippen LogP contribution is 2.19. The summed E-state index contributed by atoms with van der Waals surface area (Å²) in [6.45, 7) is 3.26. The van der Waals surface area contributed by atoms with E-state index in [9.17, 15) is 14.3 Å². The molecule has 1 unspecified atom stereocenters. The quantitative estimate of drug-likeness (QED) is 0.831. The Morgan fingerprint density at radius 2 is 2.36 bits per heavy atom. The lowest BCUT2D eigenvalue weighted by atomic mass is 9.99. The van der Waals surface area contributed by atoms with E-state index in [2.05, 4.69) is 10.2 Å². The number of rotatable bonds is 6. The van der Waals surface area contributed by atoms with Crippen LogP contribution in [0.4, 0.5) is 4.39 Å². The van der Waals surface area contributed by atoms with Gasteiger partial charge in [-0.05, 0) is 43.5 Å². The molecular weight excluding hydrogens is 287 g/mol. The molecule has 1 fully saturated rings. The van der Waals surface area contributed by atoms with Crippen molar-refractivity contribution in [2.45, 2.75) is 12.8 Å². The Kier molecular flexibility index (Phi) is 6.15. The number of benzene rings is 1. The molecule has 1 saturated heterocycles. The van der Waals surface area contributed by atoms with E-state index in [4.69, 9.17) is 4.74 Å². The van der Waals surface area contributed by atoms with Crippen LogP contribution < -0.4 is 10.1 Å². The Morgan fingerprint density at radius 1 is 1.55 bits per heavy atom. The lowest BCUT2D eigenvalue weighted by molar-refractivity contribution is 0.0927. The summed E-state index contributed by atoms with van der Waals surface area (Å²) in [4.78, 5) is 14.4. The number of likely N-dealkylation sites (tertiary alicyclic amines) is 1. The van der Waals surface area contributed by atoms with E-state index < -0.39 is 5.82 Å². The molecule has 2 rings (SSSR count). The van der Waals surface area contributed by atoms with E-state index in [1.165, 1.54) is 25.3 Å². The minimum Gasteiger partial charge on any atom is -0.496 e. The van der Waals surface area contributed by atoms with Crippen molar-refractivity contribution in [2.75, 3.05) is 39.9 Å². The van der Waals surface area contributed by atoms with Gasteiger partial charge in [-0.2, -0.15) is 0 Å². The van der Waals surface area contributed by atoms with Gasteiger partial charge in [-0.3, -0.25) is 4.79 Å². The van der Waals surface area contributed by atoms with Crippen molar-refractivity contribution in [1.82, 2.24) is 10.2 Å². The number of carbonyl (C=O) groups excluding carboxylic acids is 1.